The quantitative estimate of drug-likeness (QED) is 0.776. The average molecular weight is 305 g/mol. The van der Waals surface area contributed by atoms with Crippen LogP contribution in [0.3, 0.4) is 0 Å². The summed E-state index contributed by atoms with van der Waals surface area (Å²) in [5.41, 5.74) is 1.79. The molecule has 0 aliphatic carbocycles. The van der Waals surface area contributed by atoms with Gasteiger partial charge in [-0.1, -0.05) is 30.3 Å². The fourth-order valence-corrected chi connectivity index (χ4v) is 2.42. The molecule has 0 spiro atoms. The number of hydrogen-bond acceptors (Lipinski definition) is 6. The Hall–Kier alpha value is -2.34. The normalized spacial score (nSPS) is 17.6. The van der Waals surface area contributed by atoms with Gasteiger partial charge in [0.25, 0.3) is 0 Å². The van der Waals surface area contributed by atoms with E-state index in [1.165, 1.54) is 19.1 Å². The molecule has 0 aromatic heterocycles. The summed E-state index contributed by atoms with van der Waals surface area (Å²) >= 11 is 0. The highest BCUT2D eigenvalue weighted by Gasteiger charge is 2.38. The number of carbonyl (C=O) groups is 2. The van der Waals surface area contributed by atoms with Crippen LogP contribution in [0.15, 0.2) is 35.9 Å². The molecule has 6 heteroatoms. The van der Waals surface area contributed by atoms with Crippen molar-refractivity contribution in [3.8, 4) is 0 Å². The van der Waals surface area contributed by atoms with E-state index in [0.29, 0.717) is 11.3 Å². The lowest BCUT2D eigenvalue weighted by Crippen LogP contribution is -2.32. The average Bonchev–Trinajstić information content (AvgIpc) is 2.86. The second kappa shape index (κ2) is 7.09. The Morgan fingerprint density at radius 1 is 1.27 bits per heavy atom. The molecule has 0 radical (unpaired) electrons. The van der Waals surface area contributed by atoms with Crippen molar-refractivity contribution >= 4 is 17.6 Å². The maximum atomic E-state index is 12.2. The lowest BCUT2D eigenvalue weighted by molar-refractivity contribution is -0.195. The third-order valence-electron chi connectivity index (χ3n) is 3.21. The standard InChI is InChI=1S/C16H19NO5/c1-4-21-16(19)13-10-14(22-11(2)18)17(20-3)15(13)12-8-6-5-7-9-12/h5-9,14H,4,10H2,1-3H3. The molecule has 1 aliphatic heterocycles. The first-order chi connectivity index (χ1) is 10.6. The van der Waals surface area contributed by atoms with Gasteiger partial charge in [0, 0.05) is 18.9 Å². The highest BCUT2D eigenvalue weighted by molar-refractivity contribution is 5.98. The van der Waals surface area contributed by atoms with Crippen molar-refractivity contribution in [3.63, 3.8) is 0 Å². The number of rotatable bonds is 5. The largest absolute Gasteiger partial charge is 0.463 e. The molecule has 1 aromatic rings. The monoisotopic (exact) mass is 305 g/mol. The van der Waals surface area contributed by atoms with Crippen LogP contribution in [0, 0.1) is 0 Å². The molecular formula is C16H19NO5. The predicted octanol–water partition coefficient (Wildman–Crippen LogP) is 2.12. The third kappa shape index (κ3) is 3.28. The Labute approximate surface area is 129 Å². The molecule has 1 heterocycles. The number of hydroxylamine groups is 2. The summed E-state index contributed by atoms with van der Waals surface area (Å²) in [6.45, 7) is 3.33. The lowest BCUT2D eigenvalue weighted by atomic mass is 10.1. The molecule has 0 fully saturated rings. The summed E-state index contributed by atoms with van der Waals surface area (Å²) in [4.78, 5) is 28.8. The van der Waals surface area contributed by atoms with Crippen molar-refractivity contribution in [2.75, 3.05) is 13.7 Å². The SMILES string of the molecule is CCOC(=O)C1=C(c2ccccc2)N(OC)C(OC(C)=O)C1. The molecule has 1 unspecified atom stereocenters. The van der Waals surface area contributed by atoms with Crippen molar-refractivity contribution in [1.82, 2.24) is 5.06 Å². The zero-order valence-electron chi connectivity index (χ0n) is 12.9. The fourth-order valence-electron chi connectivity index (χ4n) is 2.42. The number of esters is 2. The van der Waals surface area contributed by atoms with Crippen LogP contribution in [-0.4, -0.2) is 36.9 Å². The zero-order chi connectivity index (χ0) is 16.1. The zero-order valence-corrected chi connectivity index (χ0v) is 12.9. The minimum Gasteiger partial charge on any atom is -0.463 e. The molecule has 22 heavy (non-hydrogen) atoms. The van der Waals surface area contributed by atoms with Gasteiger partial charge >= 0.3 is 11.9 Å². The second-order valence-electron chi connectivity index (χ2n) is 4.69. The van der Waals surface area contributed by atoms with Gasteiger partial charge in [-0.05, 0) is 6.92 Å². The molecule has 0 saturated carbocycles. The van der Waals surface area contributed by atoms with E-state index in [9.17, 15) is 9.59 Å². The molecule has 0 saturated heterocycles. The summed E-state index contributed by atoms with van der Waals surface area (Å²) in [6, 6.07) is 9.31. The number of nitrogens with zero attached hydrogens (tertiary/aromatic N) is 1. The maximum absolute atomic E-state index is 12.2. The Bertz CT molecular complexity index is 581. The van der Waals surface area contributed by atoms with Crippen LogP contribution in [-0.2, 0) is 23.9 Å². The molecule has 2 rings (SSSR count). The van der Waals surface area contributed by atoms with E-state index >= 15 is 0 Å². The summed E-state index contributed by atoms with van der Waals surface area (Å²) in [7, 11) is 1.47. The van der Waals surface area contributed by atoms with E-state index < -0.39 is 18.2 Å². The Morgan fingerprint density at radius 2 is 1.95 bits per heavy atom. The molecule has 118 valence electrons. The summed E-state index contributed by atoms with van der Waals surface area (Å²) in [5, 5.41) is 1.43. The van der Waals surface area contributed by atoms with Crippen LogP contribution in [0.2, 0.25) is 0 Å². The van der Waals surface area contributed by atoms with Crippen molar-refractivity contribution in [2.24, 2.45) is 0 Å². The third-order valence-corrected chi connectivity index (χ3v) is 3.21. The first-order valence-electron chi connectivity index (χ1n) is 7.04. The predicted molar refractivity (Wildman–Crippen MR) is 79.0 cm³/mol. The van der Waals surface area contributed by atoms with E-state index in [-0.39, 0.29) is 13.0 Å². The fraction of sp³-hybridized carbons (Fsp3) is 0.375. The van der Waals surface area contributed by atoms with Crippen molar-refractivity contribution in [2.45, 2.75) is 26.5 Å². The van der Waals surface area contributed by atoms with Gasteiger partial charge in [0.05, 0.1) is 25.0 Å². The topological polar surface area (TPSA) is 65.1 Å². The first-order valence-corrected chi connectivity index (χ1v) is 7.04. The summed E-state index contributed by atoms with van der Waals surface area (Å²) < 4.78 is 10.3. The van der Waals surface area contributed by atoms with Crippen LogP contribution in [0.4, 0.5) is 0 Å². The van der Waals surface area contributed by atoms with Gasteiger partial charge in [-0.15, -0.1) is 0 Å². The van der Waals surface area contributed by atoms with Gasteiger partial charge in [0.15, 0.2) is 0 Å². The first kappa shape index (κ1) is 16.0. The van der Waals surface area contributed by atoms with Crippen LogP contribution in [0.5, 0.6) is 0 Å². The van der Waals surface area contributed by atoms with E-state index in [1.54, 1.807) is 6.92 Å². The van der Waals surface area contributed by atoms with Crippen molar-refractivity contribution in [1.29, 1.82) is 0 Å². The molecule has 6 nitrogen and oxygen atoms in total. The Morgan fingerprint density at radius 3 is 2.50 bits per heavy atom. The van der Waals surface area contributed by atoms with E-state index in [1.807, 2.05) is 30.3 Å². The van der Waals surface area contributed by atoms with Crippen LogP contribution < -0.4 is 0 Å². The van der Waals surface area contributed by atoms with E-state index in [2.05, 4.69) is 0 Å². The maximum Gasteiger partial charge on any atom is 0.336 e. The minimum absolute atomic E-state index is 0.219. The van der Waals surface area contributed by atoms with E-state index in [4.69, 9.17) is 14.3 Å². The number of ether oxygens (including phenoxy) is 2. The molecular weight excluding hydrogens is 286 g/mol. The van der Waals surface area contributed by atoms with Gasteiger partial charge in [0.1, 0.15) is 0 Å². The number of hydrogen-bond donors (Lipinski definition) is 0. The second-order valence-corrected chi connectivity index (χ2v) is 4.69. The number of carbonyl (C=O) groups excluding carboxylic acids is 2. The van der Waals surface area contributed by atoms with E-state index in [0.717, 1.165) is 5.56 Å². The minimum atomic E-state index is -0.683. The lowest BCUT2D eigenvalue weighted by Gasteiger charge is -2.26. The molecule has 0 bridgehead atoms. The van der Waals surface area contributed by atoms with Crippen LogP contribution >= 0.6 is 0 Å². The number of benzene rings is 1. The molecule has 1 atom stereocenters. The van der Waals surface area contributed by atoms with Crippen molar-refractivity contribution < 1.29 is 23.9 Å². The smallest absolute Gasteiger partial charge is 0.336 e. The Balaban J connectivity index is 2.44. The van der Waals surface area contributed by atoms with Gasteiger partial charge < -0.3 is 9.47 Å². The highest BCUT2D eigenvalue weighted by atomic mass is 16.7. The molecule has 0 N–H and O–H groups in total. The molecule has 1 aliphatic rings. The van der Waals surface area contributed by atoms with Crippen LogP contribution in [0.25, 0.3) is 5.70 Å². The van der Waals surface area contributed by atoms with Gasteiger partial charge in [-0.25, -0.2) is 9.86 Å². The van der Waals surface area contributed by atoms with Gasteiger partial charge in [-0.3, -0.25) is 9.63 Å². The molecule has 1 aromatic carbocycles. The van der Waals surface area contributed by atoms with Gasteiger partial charge in [0.2, 0.25) is 6.23 Å². The Kier molecular flexibility index (Phi) is 5.16. The van der Waals surface area contributed by atoms with Crippen molar-refractivity contribution in [3.05, 3.63) is 41.5 Å². The van der Waals surface area contributed by atoms with Gasteiger partial charge in [-0.2, -0.15) is 0 Å². The summed E-state index contributed by atoms with van der Waals surface area (Å²) in [5.74, 6) is -0.873. The highest BCUT2D eigenvalue weighted by Crippen LogP contribution is 2.36. The summed E-state index contributed by atoms with van der Waals surface area (Å²) in [6.07, 6.45) is -0.464. The van der Waals surface area contributed by atoms with Crippen LogP contribution in [0.1, 0.15) is 25.8 Å². The molecule has 0 amide bonds.